The van der Waals surface area contributed by atoms with Gasteiger partial charge in [0.15, 0.2) is 0 Å². The molecular weight excluding hydrogens is 652 g/mol. The molecular formula is C40H54N2O9. The maximum absolute atomic E-state index is 13.8. The molecule has 0 spiro atoms. The van der Waals surface area contributed by atoms with E-state index >= 15 is 0 Å². The van der Waals surface area contributed by atoms with Crippen LogP contribution in [0.5, 0.6) is 11.5 Å². The quantitative estimate of drug-likeness (QED) is 0.0869. The topological polar surface area (TPSA) is 140 Å². The van der Waals surface area contributed by atoms with Crippen molar-refractivity contribution in [2.24, 2.45) is 22.9 Å². The number of aliphatic hydroxyl groups excluding tert-OH is 2. The Morgan fingerprint density at radius 2 is 1.84 bits per heavy atom. The Morgan fingerprint density at radius 1 is 1.08 bits per heavy atom. The maximum Gasteiger partial charge on any atom is 0.410 e. The number of fused-ring (bicyclic) bond motifs is 2. The number of hydrogen-bond donors (Lipinski definition) is 3. The van der Waals surface area contributed by atoms with E-state index in [2.05, 4.69) is 17.8 Å². The number of rotatable bonds is 19. The molecule has 5 rings (SSSR count). The van der Waals surface area contributed by atoms with Crippen LogP contribution in [-0.4, -0.2) is 90.5 Å². The summed E-state index contributed by atoms with van der Waals surface area (Å²) in [5, 5.41) is 34.8. The van der Waals surface area contributed by atoms with Gasteiger partial charge < -0.3 is 44.0 Å². The number of phenolic OH excluding ortho intramolecular Hbond substituents is 1. The Bertz CT molecular complexity index is 1500. The number of carbonyl (C=O) groups is 1. The highest BCUT2D eigenvalue weighted by molar-refractivity contribution is 6.02. The summed E-state index contributed by atoms with van der Waals surface area (Å²) in [4.78, 5) is 21.1. The van der Waals surface area contributed by atoms with Crippen molar-refractivity contribution in [3.05, 3.63) is 84.0 Å². The Balaban J connectivity index is 1.55. The zero-order valence-corrected chi connectivity index (χ0v) is 30.0. The Kier molecular flexibility index (Phi) is 13.9. The molecule has 278 valence electrons. The van der Waals surface area contributed by atoms with Gasteiger partial charge in [0.1, 0.15) is 30.8 Å². The fourth-order valence-electron chi connectivity index (χ4n) is 8.06. The van der Waals surface area contributed by atoms with Crippen molar-refractivity contribution in [2.45, 2.75) is 76.2 Å². The summed E-state index contributed by atoms with van der Waals surface area (Å²) in [6, 6.07) is 14.3. The molecule has 6 atom stereocenters. The molecule has 11 heteroatoms. The lowest BCUT2D eigenvalue weighted by Gasteiger charge is -2.59. The summed E-state index contributed by atoms with van der Waals surface area (Å²) < 4.78 is 25.3. The number of benzene rings is 2. The molecule has 2 aromatic rings. The summed E-state index contributed by atoms with van der Waals surface area (Å²) >= 11 is 0. The molecule has 0 radical (unpaired) electrons. The van der Waals surface area contributed by atoms with Gasteiger partial charge >= 0.3 is 6.09 Å². The van der Waals surface area contributed by atoms with Crippen molar-refractivity contribution in [3.8, 4) is 11.5 Å². The molecule has 0 saturated heterocycles. The van der Waals surface area contributed by atoms with Gasteiger partial charge in [-0.15, -0.1) is 6.58 Å². The Labute approximate surface area is 301 Å². The number of phenols is 1. The molecule has 1 amide bonds. The number of amides is 1. The minimum Gasteiger partial charge on any atom is -0.508 e. The van der Waals surface area contributed by atoms with Crippen LogP contribution >= 0.6 is 0 Å². The van der Waals surface area contributed by atoms with E-state index in [1.807, 2.05) is 37.3 Å². The first-order valence-electron chi connectivity index (χ1n) is 18.3. The number of oxime groups is 1. The Morgan fingerprint density at radius 3 is 2.57 bits per heavy atom. The van der Waals surface area contributed by atoms with Crippen LogP contribution in [-0.2, 0) is 25.7 Å². The van der Waals surface area contributed by atoms with E-state index in [-0.39, 0.29) is 63.0 Å². The lowest BCUT2D eigenvalue weighted by molar-refractivity contribution is -0.253. The second-order valence-corrected chi connectivity index (χ2v) is 13.5. The SMILES string of the molecule is C=CCOC12Oc3ccc(O)cc3C3C(CCCCO)C(CCCCO)C=C(C(=NOCC)CC1N(C)C(=O)OCCOCc1ccccc1)C32. The first-order valence-corrected chi connectivity index (χ1v) is 18.3. The van der Waals surface area contributed by atoms with Gasteiger partial charge in [-0.2, -0.15) is 0 Å². The number of carbonyl (C=O) groups excluding carboxylic acids is 1. The number of aromatic hydroxyl groups is 1. The summed E-state index contributed by atoms with van der Waals surface area (Å²) in [6.07, 6.45) is 8.33. The fraction of sp³-hybridized carbons (Fsp3) is 0.550. The van der Waals surface area contributed by atoms with Crippen LogP contribution in [0.3, 0.4) is 0 Å². The summed E-state index contributed by atoms with van der Waals surface area (Å²) in [5.41, 5.74) is 3.53. The van der Waals surface area contributed by atoms with Crippen molar-refractivity contribution >= 4 is 11.8 Å². The Hall–Kier alpha value is -3.90. The standard InChI is InChI=1S/C40H54N2O9/c1-4-21-49-40-36(42(3)39(46)48-23-22-47-27-28-13-7-6-8-14-28)26-34(41-50-5-2)32-24-29(15-9-11-19-43)31(16-10-12-20-44)37(38(32)40)33-25-30(45)17-18-35(33)51-40/h4,6-8,13-14,17-18,24-25,29,31,36-38,43-45H,1,5,9-12,15-16,19-23,26-27H2,2-3H3. The van der Waals surface area contributed by atoms with Gasteiger partial charge in [-0.05, 0) is 73.8 Å². The highest BCUT2D eigenvalue weighted by atomic mass is 16.7. The minimum atomic E-state index is -1.37. The van der Waals surface area contributed by atoms with E-state index in [1.54, 1.807) is 31.3 Å². The molecule has 1 fully saturated rings. The van der Waals surface area contributed by atoms with Crippen LogP contribution in [0.2, 0.25) is 0 Å². The normalized spacial score (nSPS) is 25.6. The average molecular weight is 707 g/mol. The number of aliphatic hydroxyl groups is 2. The van der Waals surface area contributed by atoms with Crippen LogP contribution in [0.4, 0.5) is 4.79 Å². The predicted octanol–water partition coefficient (Wildman–Crippen LogP) is 6.33. The van der Waals surface area contributed by atoms with Gasteiger partial charge in [0, 0.05) is 38.2 Å². The monoisotopic (exact) mass is 706 g/mol. The molecule has 2 aliphatic carbocycles. The van der Waals surface area contributed by atoms with Gasteiger partial charge in [0.25, 0.3) is 0 Å². The first kappa shape index (κ1) is 38.3. The third-order valence-electron chi connectivity index (χ3n) is 10.3. The van der Waals surface area contributed by atoms with Crippen LogP contribution in [0.15, 0.2) is 78.0 Å². The van der Waals surface area contributed by atoms with Gasteiger partial charge in [-0.25, -0.2) is 4.79 Å². The lowest BCUT2D eigenvalue weighted by atomic mass is 9.55. The molecule has 6 unspecified atom stereocenters. The van der Waals surface area contributed by atoms with Crippen molar-refractivity contribution in [1.29, 1.82) is 0 Å². The number of unbranched alkanes of at least 4 members (excludes halogenated alkanes) is 2. The van der Waals surface area contributed by atoms with Gasteiger partial charge in [-0.1, -0.05) is 60.5 Å². The van der Waals surface area contributed by atoms with Crippen LogP contribution in [0.1, 0.15) is 68.9 Å². The zero-order valence-electron chi connectivity index (χ0n) is 30.0. The molecule has 1 aliphatic heterocycles. The molecule has 11 nitrogen and oxygen atoms in total. The number of likely N-dealkylation sites (N-methyl/N-ethyl adjacent to an activating group) is 1. The molecule has 51 heavy (non-hydrogen) atoms. The van der Waals surface area contributed by atoms with E-state index in [0.29, 0.717) is 37.5 Å². The van der Waals surface area contributed by atoms with Crippen molar-refractivity contribution in [3.63, 3.8) is 0 Å². The van der Waals surface area contributed by atoms with E-state index in [4.69, 9.17) is 23.8 Å². The van der Waals surface area contributed by atoms with E-state index in [0.717, 1.165) is 42.4 Å². The predicted molar refractivity (Wildman–Crippen MR) is 193 cm³/mol. The fourth-order valence-corrected chi connectivity index (χ4v) is 8.06. The highest BCUT2D eigenvalue weighted by Gasteiger charge is 2.65. The van der Waals surface area contributed by atoms with Crippen molar-refractivity contribution in [1.82, 2.24) is 4.90 Å². The van der Waals surface area contributed by atoms with Gasteiger partial charge in [0.05, 0.1) is 31.5 Å². The summed E-state index contributed by atoms with van der Waals surface area (Å²) in [6.45, 7) is 7.25. The number of ether oxygens (including phenoxy) is 4. The van der Waals surface area contributed by atoms with Crippen LogP contribution in [0.25, 0.3) is 0 Å². The van der Waals surface area contributed by atoms with Crippen LogP contribution < -0.4 is 4.74 Å². The van der Waals surface area contributed by atoms with E-state index in [9.17, 15) is 20.1 Å². The molecule has 2 aromatic carbocycles. The average Bonchev–Trinajstić information content (AvgIpc) is 3.14. The van der Waals surface area contributed by atoms with Gasteiger partial charge in [0.2, 0.25) is 5.79 Å². The third kappa shape index (κ3) is 8.77. The highest BCUT2D eigenvalue weighted by Crippen LogP contribution is 2.61. The third-order valence-corrected chi connectivity index (χ3v) is 10.3. The van der Waals surface area contributed by atoms with E-state index in [1.165, 1.54) is 4.90 Å². The first-order chi connectivity index (χ1) is 24.9. The number of nitrogens with zero attached hydrogens (tertiary/aromatic N) is 2. The summed E-state index contributed by atoms with van der Waals surface area (Å²) in [5.74, 6) is -1.12. The molecule has 0 aromatic heterocycles. The molecule has 1 saturated carbocycles. The number of hydrogen-bond acceptors (Lipinski definition) is 10. The summed E-state index contributed by atoms with van der Waals surface area (Å²) in [7, 11) is 1.69. The largest absolute Gasteiger partial charge is 0.508 e. The van der Waals surface area contributed by atoms with E-state index < -0.39 is 23.8 Å². The smallest absolute Gasteiger partial charge is 0.410 e. The number of allylic oxidation sites excluding steroid dienone is 1. The zero-order chi connectivity index (χ0) is 36.2. The van der Waals surface area contributed by atoms with Crippen LogP contribution in [0, 0.1) is 17.8 Å². The molecule has 3 N–H and O–H groups in total. The molecule has 3 aliphatic rings. The molecule has 1 heterocycles. The lowest BCUT2D eigenvalue weighted by Crippen LogP contribution is -2.69. The second kappa shape index (κ2) is 18.5. The minimum absolute atomic E-state index is 0.0613. The van der Waals surface area contributed by atoms with Crippen molar-refractivity contribution < 1.29 is 43.9 Å². The molecule has 0 bridgehead atoms. The van der Waals surface area contributed by atoms with Gasteiger partial charge in [-0.3, -0.25) is 0 Å². The second-order valence-electron chi connectivity index (χ2n) is 13.5. The maximum atomic E-state index is 13.8. The van der Waals surface area contributed by atoms with Crippen molar-refractivity contribution in [2.75, 3.05) is 46.7 Å².